The number of carbonyl (C=O) groups is 2. The van der Waals surface area contributed by atoms with Gasteiger partial charge in [0.1, 0.15) is 11.6 Å². The van der Waals surface area contributed by atoms with Crippen LogP contribution in [0.25, 0.3) is 10.8 Å². The number of hydrogen-bond acceptors (Lipinski definition) is 5. The molecule has 0 saturated heterocycles. The minimum atomic E-state index is -0.0625. The standard InChI is InChI=1S/C19H15N3.C5H8O2.Ir/c1-20-12-22-17-11-10-13-6-3-4-7-14(13)18(17)21(2)16-9-5-8-15(20)19(16)22;1-4(6)3-5(2)7;/h3-10,12H,1-2H3;3H2,1-2H3;/q-2;;. The van der Waals surface area contributed by atoms with Crippen LogP contribution in [0.4, 0.5) is 28.4 Å². The molecule has 5 nitrogen and oxygen atoms in total. The van der Waals surface area contributed by atoms with E-state index < -0.39 is 0 Å². The molecule has 5 rings (SSSR count). The molecular weight excluding hydrogens is 555 g/mol. The van der Waals surface area contributed by atoms with Crippen molar-refractivity contribution in [1.82, 2.24) is 0 Å². The minimum absolute atomic E-state index is 0. The van der Waals surface area contributed by atoms with Gasteiger partial charge in [0, 0.05) is 25.8 Å². The first-order chi connectivity index (χ1) is 13.9. The van der Waals surface area contributed by atoms with Gasteiger partial charge in [-0.3, -0.25) is 9.59 Å². The Bertz CT molecular complexity index is 1120. The molecule has 0 fully saturated rings. The van der Waals surface area contributed by atoms with Crippen LogP contribution in [0.15, 0.2) is 48.5 Å². The van der Waals surface area contributed by atoms with Crippen LogP contribution in [0.5, 0.6) is 0 Å². The monoisotopic (exact) mass is 578 g/mol. The second-order valence-electron chi connectivity index (χ2n) is 7.45. The van der Waals surface area contributed by atoms with Crippen molar-refractivity contribution >= 4 is 50.8 Å². The largest absolute Gasteiger partial charge is 0.504 e. The van der Waals surface area contributed by atoms with E-state index in [0.29, 0.717) is 0 Å². The van der Waals surface area contributed by atoms with E-state index in [0.717, 1.165) is 5.69 Å². The van der Waals surface area contributed by atoms with Crippen molar-refractivity contribution in [3.05, 3.63) is 61.3 Å². The number of benzene rings is 3. The van der Waals surface area contributed by atoms with Gasteiger partial charge in [0.05, 0.1) is 17.8 Å². The summed E-state index contributed by atoms with van der Waals surface area (Å²) in [5.41, 5.74) is 6.04. The van der Waals surface area contributed by atoms with Crippen LogP contribution in [0, 0.1) is 12.7 Å². The number of carbonyl (C=O) groups excluding carboxylic acids is 2. The van der Waals surface area contributed by atoms with Gasteiger partial charge in [-0.05, 0) is 45.8 Å². The van der Waals surface area contributed by atoms with Crippen LogP contribution >= 0.6 is 0 Å². The first kappa shape index (κ1) is 22.0. The van der Waals surface area contributed by atoms with Crippen LogP contribution in [0.1, 0.15) is 20.3 Å². The topological polar surface area (TPSA) is 43.9 Å². The summed E-state index contributed by atoms with van der Waals surface area (Å²) in [7, 11) is 4.24. The average molecular weight is 578 g/mol. The second-order valence-corrected chi connectivity index (χ2v) is 7.45. The number of fused-ring (bicyclic) bond motifs is 4. The molecule has 0 atom stereocenters. The van der Waals surface area contributed by atoms with Gasteiger partial charge in [0.15, 0.2) is 0 Å². The maximum absolute atomic E-state index is 10.0. The van der Waals surface area contributed by atoms with Crippen molar-refractivity contribution in [3.8, 4) is 0 Å². The molecule has 0 aromatic heterocycles. The molecule has 3 aromatic carbocycles. The van der Waals surface area contributed by atoms with E-state index in [2.05, 4.69) is 90.1 Å². The van der Waals surface area contributed by atoms with Gasteiger partial charge >= 0.3 is 0 Å². The molecule has 1 radical (unpaired) electrons. The van der Waals surface area contributed by atoms with Crippen LogP contribution in [-0.4, -0.2) is 25.7 Å². The molecule has 6 heteroatoms. The number of para-hydroxylation sites is 1. The number of Topliss-reactive ketones (excluding diaryl/α,β-unsaturated/α-hetero) is 2. The van der Waals surface area contributed by atoms with E-state index in [1.165, 1.54) is 47.4 Å². The normalized spacial score (nSPS) is 13.1. The summed E-state index contributed by atoms with van der Waals surface area (Å²) in [5, 5.41) is 2.48. The number of anilines is 5. The molecule has 2 heterocycles. The molecule has 0 bridgehead atoms. The molecule has 0 N–H and O–H groups in total. The van der Waals surface area contributed by atoms with Crippen molar-refractivity contribution in [2.24, 2.45) is 0 Å². The molecule has 0 saturated carbocycles. The first-order valence-corrected chi connectivity index (χ1v) is 9.54. The fourth-order valence-electron chi connectivity index (χ4n) is 3.96. The van der Waals surface area contributed by atoms with Crippen molar-refractivity contribution in [2.75, 3.05) is 28.8 Å². The van der Waals surface area contributed by atoms with E-state index in [-0.39, 0.29) is 38.1 Å². The molecule has 3 aromatic rings. The number of hydrogen-bond donors (Lipinski definition) is 0. The van der Waals surface area contributed by atoms with Crippen LogP contribution in [-0.2, 0) is 29.7 Å². The third-order valence-electron chi connectivity index (χ3n) is 5.14. The first-order valence-electron chi connectivity index (χ1n) is 9.54. The molecule has 157 valence electrons. The minimum Gasteiger partial charge on any atom is -0.504 e. The van der Waals surface area contributed by atoms with Crippen molar-refractivity contribution in [2.45, 2.75) is 20.3 Å². The maximum Gasteiger partial charge on any atom is 0.137 e. The van der Waals surface area contributed by atoms with Gasteiger partial charge in [0.2, 0.25) is 0 Å². The number of ketones is 2. The van der Waals surface area contributed by atoms with Crippen LogP contribution in [0.3, 0.4) is 0 Å². The van der Waals surface area contributed by atoms with Crippen molar-refractivity contribution in [3.63, 3.8) is 0 Å². The quantitative estimate of drug-likeness (QED) is 0.318. The molecule has 2 aliphatic heterocycles. The average Bonchev–Trinajstić information content (AvgIpc) is 3.02. The Kier molecular flexibility index (Phi) is 6.30. The number of nitrogens with zero attached hydrogens (tertiary/aromatic N) is 3. The summed E-state index contributed by atoms with van der Waals surface area (Å²) in [6, 6.07) is 20.5. The van der Waals surface area contributed by atoms with Gasteiger partial charge in [-0.2, -0.15) is 18.8 Å². The predicted molar refractivity (Wildman–Crippen MR) is 118 cm³/mol. The fraction of sp³-hybridized carbons (Fsp3) is 0.208. The summed E-state index contributed by atoms with van der Waals surface area (Å²) in [6.45, 7) is 4.95. The predicted octanol–water partition coefficient (Wildman–Crippen LogP) is 4.98. The zero-order valence-corrected chi connectivity index (χ0v) is 19.8. The summed E-state index contributed by atoms with van der Waals surface area (Å²) in [6.07, 6.45) is 0.0833. The van der Waals surface area contributed by atoms with E-state index >= 15 is 0 Å². The van der Waals surface area contributed by atoms with Crippen LogP contribution < -0.4 is 14.7 Å². The molecule has 2 aliphatic rings. The molecular formula is C24H23IrN3O2-2. The smallest absolute Gasteiger partial charge is 0.137 e. The molecule has 0 amide bonds. The Morgan fingerprint density at radius 3 is 2.27 bits per heavy atom. The third-order valence-corrected chi connectivity index (χ3v) is 5.14. The molecule has 0 aliphatic carbocycles. The van der Waals surface area contributed by atoms with Crippen molar-refractivity contribution < 1.29 is 29.7 Å². The van der Waals surface area contributed by atoms with E-state index in [9.17, 15) is 9.59 Å². The number of rotatable bonds is 2. The Labute approximate surface area is 190 Å². The van der Waals surface area contributed by atoms with E-state index in [1.54, 1.807) is 0 Å². The summed E-state index contributed by atoms with van der Waals surface area (Å²) >= 11 is 0. The Morgan fingerprint density at radius 1 is 0.933 bits per heavy atom. The maximum atomic E-state index is 10.0. The summed E-state index contributed by atoms with van der Waals surface area (Å²) in [5.74, 6) is -0.125. The third kappa shape index (κ3) is 3.73. The second kappa shape index (κ2) is 8.58. The fourth-order valence-corrected chi connectivity index (χ4v) is 3.96. The van der Waals surface area contributed by atoms with Gasteiger partial charge in [-0.1, -0.05) is 30.0 Å². The van der Waals surface area contributed by atoms with Gasteiger partial charge in [-0.15, -0.1) is 16.8 Å². The van der Waals surface area contributed by atoms with Gasteiger partial charge in [-0.25, -0.2) is 0 Å². The van der Waals surface area contributed by atoms with Gasteiger partial charge < -0.3 is 14.7 Å². The Hall–Kier alpha value is -2.69. The zero-order valence-electron chi connectivity index (χ0n) is 17.4. The molecule has 30 heavy (non-hydrogen) atoms. The zero-order chi connectivity index (χ0) is 20.7. The van der Waals surface area contributed by atoms with E-state index in [1.807, 2.05) is 0 Å². The summed E-state index contributed by atoms with van der Waals surface area (Å²) in [4.78, 5) is 26.8. The van der Waals surface area contributed by atoms with E-state index in [4.69, 9.17) is 0 Å². The van der Waals surface area contributed by atoms with Crippen LogP contribution in [0.2, 0.25) is 0 Å². The summed E-state index contributed by atoms with van der Waals surface area (Å²) < 4.78 is 0. The Balaban J connectivity index is 0.000000281. The Morgan fingerprint density at radius 2 is 1.60 bits per heavy atom. The van der Waals surface area contributed by atoms with Gasteiger partial charge in [0.25, 0.3) is 0 Å². The SMILES string of the molecule is CC(=O)CC(C)=O.CN1[CH-]N2c3[c-]cc4ccccc4c3N(C)c3cccc1c32.[Ir]. The molecule has 0 spiro atoms. The van der Waals surface area contributed by atoms with Crippen molar-refractivity contribution in [1.29, 1.82) is 0 Å². The molecule has 0 unspecified atom stereocenters.